The Bertz CT molecular complexity index is 669. The lowest BCUT2D eigenvalue weighted by Gasteiger charge is -2.18. The second kappa shape index (κ2) is 6.89. The lowest BCUT2D eigenvalue weighted by Crippen LogP contribution is -2.21. The number of hydrogen-bond donors (Lipinski definition) is 2. The Balaban J connectivity index is 1.94. The molecule has 0 radical (unpaired) electrons. The van der Waals surface area contributed by atoms with Gasteiger partial charge in [0.1, 0.15) is 23.3 Å². The summed E-state index contributed by atoms with van der Waals surface area (Å²) < 4.78 is 0. The van der Waals surface area contributed by atoms with Crippen molar-refractivity contribution in [3.63, 3.8) is 0 Å². The number of aromatic amines is 1. The molecule has 7 heteroatoms. The summed E-state index contributed by atoms with van der Waals surface area (Å²) >= 11 is 0. The van der Waals surface area contributed by atoms with E-state index in [2.05, 4.69) is 45.0 Å². The van der Waals surface area contributed by atoms with E-state index in [1.165, 1.54) is 0 Å². The average Bonchev–Trinajstić information content (AvgIpc) is 2.87. The molecule has 0 saturated carbocycles. The van der Waals surface area contributed by atoms with Crippen LogP contribution in [0.5, 0.6) is 0 Å². The van der Waals surface area contributed by atoms with Crippen molar-refractivity contribution in [1.82, 2.24) is 20.2 Å². The molecular formula is C15H21N7. The monoisotopic (exact) mass is 299 g/mol. The molecule has 0 saturated heterocycles. The molecule has 0 bridgehead atoms. The quantitative estimate of drug-likeness (QED) is 0.842. The molecule has 3 N–H and O–H groups in total. The first-order chi connectivity index (χ1) is 10.5. The fourth-order valence-electron chi connectivity index (χ4n) is 2.16. The molecule has 0 fully saturated rings. The van der Waals surface area contributed by atoms with E-state index in [1.807, 2.05) is 13.1 Å². The van der Waals surface area contributed by atoms with Crippen LogP contribution >= 0.6 is 0 Å². The van der Waals surface area contributed by atoms with Gasteiger partial charge < -0.3 is 10.6 Å². The number of aryl methyl sites for hydroxylation is 1. The van der Waals surface area contributed by atoms with Crippen molar-refractivity contribution in [2.24, 2.45) is 0 Å². The zero-order valence-corrected chi connectivity index (χ0v) is 13.2. The molecule has 0 spiro atoms. The van der Waals surface area contributed by atoms with Crippen LogP contribution in [-0.2, 0) is 6.42 Å². The first-order valence-electron chi connectivity index (χ1n) is 7.29. The molecule has 2 heterocycles. The van der Waals surface area contributed by atoms with Crippen LogP contribution < -0.4 is 10.6 Å². The summed E-state index contributed by atoms with van der Waals surface area (Å²) in [5.74, 6) is 2.32. The summed E-state index contributed by atoms with van der Waals surface area (Å²) in [6.07, 6.45) is 3.38. The van der Waals surface area contributed by atoms with E-state index in [-0.39, 0.29) is 5.82 Å². The summed E-state index contributed by atoms with van der Waals surface area (Å²) in [5, 5.41) is 15.7. The Morgan fingerprint density at radius 3 is 2.91 bits per heavy atom. The molecule has 0 aromatic carbocycles. The van der Waals surface area contributed by atoms with Gasteiger partial charge in [-0.15, -0.1) is 0 Å². The van der Waals surface area contributed by atoms with Crippen LogP contribution in [0, 0.1) is 11.3 Å². The Labute approximate surface area is 130 Å². The number of H-pyrrole nitrogens is 1. The molecular weight excluding hydrogens is 278 g/mol. The predicted molar refractivity (Wildman–Crippen MR) is 85.4 cm³/mol. The molecule has 7 nitrogen and oxygen atoms in total. The highest BCUT2D eigenvalue weighted by atomic mass is 15.2. The highest BCUT2D eigenvalue weighted by Crippen LogP contribution is 2.16. The van der Waals surface area contributed by atoms with E-state index in [0.717, 1.165) is 36.7 Å². The zero-order valence-electron chi connectivity index (χ0n) is 13.2. The Kier molecular flexibility index (Phi) is 4.94. The topological polar surface area (TPSA) is 108 Å². The number of nitrogens with one attached hydrogen (secondary N) is 1. The Hall–Kier alpha value is -2.62. The van der Waals surface area contributed by atoms with Gasteiger partial charge in [-0.05, 0) is 18.9 Å². The van der Waals surface area contributed by atoms with Gasteiger partial charge in [-0.1, -0.05) is 13.8 Å². The summed E-state index contributed by atoms with van der Waals surface area (Å²) in [5.41, 5.74) is 6.87. The minimum absolute atomic E-state index is 0.267. The summed E-state index contributed by atoms with van der Waals surface area (Å²) in [6.45, 7) is 4.97. The van der Waals surface area contributed by atoms with E-state index in [0.29, 0.717) is 11.5 Å². The van der Waals surface area contributed by atoms with E-state index in [9.17, 15) is 0 Å². The van der Waals surface area contributed by atoms with Crippen molar-refractivity contribution in [2.75, 3.05) is 24.2 Å². The van der Waals surface area contributed by atoms with E-state index < -0.39 is 0 Å². The number of hydrogen-bond acceptors (Lipinski definition) is 6. The van der Waals surface area contributed by atoms with Gasteiger partial charge in [0.05, 0.1) is 5.69 Å². The van der Waals surface area contributed by atoms with Gasteiger partial charge in [-0.3, -0.25) is 5.10 Å². The lowest BCUT2D eigenvalue weighted by molar-refractivity contribution is 0.736. The molecule has 0 aliphatic heterocycles. The van der Waals surface area contributed by atoms with Gasteiger partial charge >= 0.3 is 0 Å². The third-order valence-corrected chi connectivity index (χ3v) is 3.47. The third kappa shape index (κ3) is 3.52. The van der Waals surface area contributed by atoms with Crippen molar-refractivity contribution in [3.8, 4) is 6.07 Å². The minimum Gasteiger partial charge on any atom is -0.381 e. The number of aromatic nitrogens is 4. The maximum Gasteiger partial charge on any atom is 0.163 e. The maximum absolute atomic E-state index is 9.04. The van der Waals surface area contributed by atoms with E-state index >= 15 is 0 Å². The molecule has 2 rings (SSSR count). The average molecular weight is 299 g/mol. The van der Waals surface area contributed by atoms with Crippen molar-refractivity contribution in [1.29, 1.82) is 5.26 Å². The Morgan fingerprint density at radius 1 is 1.45 bits per heavy atom. The lowest BCUT2D eigenvalue weighted by atomic mass is 10.1. The second-order valence-corrected chi connectivity index (χ2v) is 5.53. The van der Waals surface area contributed by atoms with E-state index in [1.54, 1.807) is 6.20 Å². The smallest absolute Gasteiger partial charge is 0.163 e. The summed E-state index contributed by atoms with van der Waals surface area (Å²) in [4.78, 5) is 10.9. The van der Waals surface area contributed by atoms with Crippen molar-refractivity contribution < 1.29 is 0 Å². The number of nitriles is 1. The van der Waals surface area contributed by atoms with Crippen molar-refractivity contribution in [2.45, 2.75) is 32.6 Å². The summed E-state index contributed by atoms with van der Waals surface area (Å²) in [7, 11) is 2.00. The fraction of sp³-hybridized carbons (Fsp3) is 0.467. The molecule has 0 aliphatic carbocycles. The normalized spacial score (nSPS) is 10.7. The largest absolute Gasteiger partial charge is 0.381 e. The molecule has 2 aromatic heterocycles. The SMILES string of the molecule is CC(C)c1nccc(N(C)CCCc2[nH]nc(N)c2C#N)n1. The zero-order chi connectivity index (χ0) is 16.1. The standard InChI is InChI=1S/C15H21N7/c1-10(2)15-18-7-6-13(19-15)22(3)8-4-5-12-11(9-16)14(17)21-20-12/h6-7,10H,4-5,8H2,1-3H3,(H3,17,20,21). The Morgan fingerprint density at radius 2 is 2.23 bits per heavy atom. The molecule has 0 atom stereocenters. The van der Waals surface area contributed by atoms with Gasteiger partial charge in [-0.2, -0.15) is 10.4 Å². The molecule has 0 aliphatic rings. The van der Waals surface area contributed by atoms with Gasteiger partial charge in [0, 0.05) is 25.7 Å². The maximum atomic E-state index is 9.04. The van der Waals surface area contributed by atoms with Crippen LogP contribution in [-0.4, -0.2) is 33.8 Å². The van der Waals surface area contributed by atoms with Crippen molar-refractivity contribution in [3.05, 3.63) is 29.3 Å². The third-order valence-electron chi connectivity index (χ3n) is 3.47. The molecule has 116 valence electrons. The number of nitrogens with zero attached hydrogens (tertiary/aromatic N) is 5. The molecule has 2 aromatic rings. The molecule has 0 unspecified atom stereocenters. The fourth-order valence-corrected chi connectivity index (χ4v) is 2.16. The van der Waals surface area contributed by atoms with Crippen LogP contribution in [0.3, 0.4) is 0 Å². The van der Waals surface area contributed by atoms with Crippen LogP contribution in [0.1, 0.15) is 43.3 Å². The second-order valence-electron chi connectivity index (χ2n) is 5.53. The van der Waals surface area contributed by atoms with Crippen LogP contribution in [0.15, 0.2) is 12.3 Å². The van der Waals surface area contributed by atoms with Crippen LogP contribution in [0.4, 0.5) is 11.6 Å². The number of anilines is 2. The number of rotatable bonds is 6. The van der Waals surface area contributed by atoms with E-state index in [4.69, 9.17) is 11.0 Å². The van der Waals surface area contributed by atoms with Crippen LogP contribution in [0.2, 0.25) is 0 Å². The van der Waals surface area contributed by atoms with Gasteiger partial charge in [0.15, 0.2) is 5.82 Å². The highest BCUT2D eigenvalue weighted by Gasteiger charge is 2.11. The number of nitrogen functional groups attached to an aromatic ring is 1. The summed E-state index contributed by atoms with van der Waals surface area (Å²) in [6, 6.07) is 3.98. The van der Waals surface area contributed by atoms with Gasteiger partial charge in [0.2, 0.25) is 0 Å². The molecule has 0 amide bonds. The first-order valence-corrected chi connectivity index (χ1v) is 7.29. The highest BCUT2D eigenvalue weighted by molar-refractivity contribution is 5.50. The molecule has 22 heavy (non-hydrogen) atoms. The minimum atomic E-state index is 0.267. The van der Waals surface area contributed by atoms with Gasteiger partial charge in [0.25, 0.3) is 0 Å². The van der Waals surface area contributed by atoms with Gasteiger partial charge in [-0.25, -0.2) is 9.97 Å². The number of nitrogens with two attached hydrogens (primary N) is 1. The predicted octanol–water partition coefficient (Wildman–Crippen LogP) is 1.85. The first kappa shape index (κ1) is 15.8. The van der Waals surface area contributed by atoms with Crippen molar-refractivity contribution >= 4 is 11.6 Å². The van der Waals surface area contributed by atoms with Crippen LogP contribution in [0.25, 0.3) is 0 Å².